The van der Waals surface area contributed by atoms with Gasteiger partial charge in [-0.3, -0.25) is 4.79 Å². The van der Waals surface area contributed by atoms with E-state index in [0.29, 0.717) is 5.92 Å². The molecule has 1 aliphatic carbocycles. The molecule has 1 rings (SSSR count). The molecule has 1 saturated carbocycles. The van der Waals surface area contributed by atoms with Gasteiger partial charge in [-0.05, 0) is 18.8 Å². The van der Waals surface area contributed by atoms with E-state index >= 15 is 0 Å². The molecule has 0 heterocycles. The lowest BCUT2D eigenvalue weighted by Gasteiger charge is -2.18. The summed E-state index contributed by atoms with van der Waals surface area (Å²) >= 11 is 0. The van der Waals surface area contributed by atoms with E-state index in [1.54, 1.807) is 26.1 Å². The molecule has 0 aromatic carbocycles. The van der Waals surface area contributed by atoms with Crippen LogP contribution in [0.2, 0.25) is 0 Å². The predicted molar refractivity (Wildman–Crippen MR) is 42.2 cm³/mol. The fourth-order valence-corrected chi connectivity index (χ4v) is 1.15. The zero-order valence-electron chi connectivity index (χ0n) is 7.33. The van der Waals surface area contributed by atoms with Crippen molar-refractivity contribution in [3.05, 3.63) is 0 Å². The van der Waals surface area contributed by atoms with Crippen LogP contribution in [0.1, 0.15) is 12.8 Å². The van der Waals surface area contributed by atoms with Gasteiger partial charge in [0.25, 0.3) is 5.91 Å². The molecule has 0 aromatic heterocycles. The third-order valence-corrected chi connectivity index (χ3v) is 1.99. The summed E-state index contributed by atoms with van der Waals surface area (Å²) in [6.45, 7) is 0. The number of likely N-dealkylation sites (N-methyl/N-ethyl adjacent to an activating group) is 1. The van der Waals surface area contributed by atoms with Gasteiger partial charge in [0.1, 0.15) is 6.10 Å². The Kier molecular flexibility index (Phi) is 2.49. The molecule has 1 aliphatic rings. The quantitative estimate of drug-likeness (QED) is 0.597. The van der Waals surface area contributed by atoms with E-state index < -0.39 is 0 Å². The predicted octanol–water partition coefficient (Wildman–Crippen LogP) is 0.500. The molecule has 1 fully saturated rings. The van der Waals surface area contributed by atoms with E-state index in [2.05, 4.69) is 0 Å². The first kappa shape index (κ1) is 8.53. The van der Waals surface area contributed by atoms with E-state index in [1.807, 2.05) is 0 Å². The Balaban J connectivity index is 2.46. The number of hydrogen-bond acceptors (Lipinski definition) is 2. The number of hydrogen-bond donors (Lipinski definition) is 0. The highest BCUT2D eigenvalue weighted by Gasteiger charge is 2.36. The van der Waals surface area contributed by atoms with Gasteiger partial charge >= 0.3 is 0 Å². The molecular formula is C8H15NO2. The zero-order valence-corrected chi connectivity index (χ0v) is 7.33. The highest BCUT2D eigenvalue weighted by Crippen LogP contribution is 2.34. The van der Waals surface area contributed by atoms with Crippen LogP contribution in [0, 0.1) is 5.92 Å². The Morgan fingerprint density at radius 1 is 1.55 bits per heavy atom. The fourth-order valence-electron chi connectivity index (χ4n) is 1.15. The number of carbonyl (C=O) groups excluding carboxylic acids is 1. The SMILES string of the molecule is COC(C(=O)N(C)C)C1CC1. The molecule has 3 heteroatoms. The lowest BCUT2D eigenvalue weighted by Crippen LogP contribution is -2.36. The summed E-state index contributed by atoms with van der Waals surface area (Å²) in [7, 11) is 5.12. The Hall–Kier alpha value is -0.570. The zero-order chi connectivity index (χ0) is 8.43. The van der Waals surface area contributed by atoms with Crippen molar-refractivity contribution in [1.82, 2.24) is 4.90 Å². The summed E-state index contributed by atoms with van der Waals surface area (Å²) in [6.07, 6.45) is 2.08. The number of methoxy groups -OCH3 is 1. The molecular weight excluding hydrogens is 142 g/mol. The summed E-state index contributed by atoms with van der Waals surface area (Å²) in [5, 5.41) is 0. The van der Waals surface area contributed by atoms with Crippen molar-refractivity contribution in [1.29, 1.82) is 0 Å². The normalized spacial score (nSPS) is 19.5. The molecule has 0 radical (unpaired) electrons. The molecule has 1 amide bonds. The van der Waals surface area contributed by atoms with Gasteiger partial charge in [-0.15, -0.1) is 0 Å². The van der Waals surface area contributed by atoms with Gasteiger partial charge in [-0.1, -0.05) is 0 Å². The van der Waals surface area contributed by atoms with Crippen molar-refractivity contribution in [3.8, 4) is 0 Å². The minimum absolute atomic E-state index is 0.0926. The second-order valence-electron chi connectivity index (χ2n) is 3.23. The van der Waals surface area contributed by atoms with Crippen LogP contribution in [0.25, 0.3) is 0 Å². The van der Waals surface area contributed by atoms with Crippen molar-refractivity contribution in [2.24, 2.45) is 5.92 Å². The maximum absolute atomic E-state index is 11.4. The van der Waals surface area contributed by atoms with E-state index in [1.165, 1.54) is 0 Å². The number of amides is 1. The largest absolute Gasteiger partial charge is 0.371 e. The molecule has 1 atom stereocenters. The first-order valence-corrected chi connectivity index (χ1v) is 3.90. The van der Waals surface area contributed by atoms with Gasteiger partial charge in [0.2, 0.25) is 0 Å². The lowest BCUT2D eigenvalue weighted by molar-refractivity contribution is -0.140. The molecule has 0 saturated heterocycles. The van der Waals surface area contributed by atoms with Crippen molar-refractivity contribution in [2.75, 3.05) is 21.2 Å². The first-order valence-electron chi connectivity index (χ1n) is 3.90. The molecule has 0 aromatic rings. The second kappa shape index (κ2) is 3.22. The standard InChI is InChI=1S/C8H15NO2/c1-9(2)8(10)7(11-3)6-4-5-6/h6-7H,4-5H2,1-3H3. The molecule has 0 bridgehead atoms. The van der Waals surface area contributed by atoms with Crippen LogP contribution in [-0.4, -0.2) is 38.1 Å². The van der Waals surface area contributed by atoms with Crippen LogP contribution < -0.4 is 0 Å². The summed E-state index contributed by atoms with van der Waals surface area (Å²) < 4.78 is 5.11. The summed E-state index contributed by atoms with van der Waals surface area (Å²) in [5.74, 6) is 0.574. The summed E-state index contributed by atoms with van der Waals surface area (Å²) in [4.78, 5) is 12.9. The van der Waals surface area contributed by atoms with Crippen LogP contribution in [0.5, 0.6) is 0 Å². The molecule has 0 spiro atoms. The molecule has 3 nitrogen and oxygen atoms in total. The highest BCUT2D eigenvalue weighted by atomic mass is 16.5. The topological polar surface area (TPSA) is 29.5 Å². The molecule has 64 valence electrons. The van der Waals surface area contributed by atoms with E-state index in [9.17, 15) is 4.79 Å². The van der Waals surface area contributed by atoms with Gasteiger partial charge in [0, 0.05) is 21.2 Å². The smallest absolute Gasteiger partial charge is 0.251 e. The Labute approximate surface area is 67.3 Å². The maximum atomic E-state index is 11.4. The first-order chi connectivity index (χ1) is 5.16. The van der Waals surface area contributed by atoms with Gasteiger partial charge in [-0.2, -0.15) is 0 Å². The van der Waals surface area contributed by atoms with Crippen molar-refractivity contribution >= 4 is 5.91 Å². The summed E-state index contributed by atoms with van der Waals surface area (Å²) in [6, 6.07) is 0. The highest BCUT2D eigenvalue weighted by molar-refractivity contribution is 5.81. The lowest BCUT2D eigenvalue weighted by atomic mass is 10.2. The van der Waals surface area contributed by atoms with Crippen LogP contribution in [0.4, 0.5) is 0 Å². The van der Waals surface area contributed by atoms with Crippen LogP contribution >= 0.6 is 0 Å². The van der Waals surface area contributed by atoms with Crippen LogP contribution in [-0.2, 0) is 9.53 Å². The number of nitrogens with zero attached hydrogens (tertiary/aromatic N) is 1. The fraction of sp³-hybridized carbons (Fsp3) is 0.875. The van der Waals surface area contributed by atoms with Gasteiger partial charge in [-0.25, -0.2) is 0 Å². The van der Waals surface area contributed by atoms with E-state index in [4.69, 9.17) is 4.74 Å². The second-order valence-corrected chi connectivity index (χ2v) is 3.23. The van der Waals surface area contributed by atoms with Crippen LogP contribution in [0.15, 0.2) is 0 Å². The van der Waals surface area contributed by atoms with Gasteiger partial charge < -0.3 is 9.64 Å². The minimum Gasteiger partial charge on any atom is -0.371 e. The van der Waals surface area contributed by atoms with Crippen molar-refractivity contribution < 1.29 is 9.53 Å². The van der Waals surface area contributed by atoms with Crippen molar-refractivity contribution in [2.45, 2.75) is 18.9 Å². The Bertz CT molecular complexity index is 152. The minimum atomic E-state index is -0.190. The van der Waals surface area contributed by atoms with E-state index in [0.717, 1.165) is 12.8 Å². The van der Waals surface area contributed by atoms with Gasteiger partial charge in [0.15, 0.2) is 0 Å². The number of rotatable bonds is 3. The number of ether oxygens (including phenoxy) is 1. The molecule has 0 N–H and O–H groups in total. The average molecular weight is 157 g/mol. The Morgan fingerprint density at radius 2 is 2.09 bits per heavy atom. The molecule has 11 heavy (non-hydrogen) atoms. The molecule has 1 unspecified atom stereocenters. The average Bonchev–Trinajstić information content (AvgIpc) is 2.72. The van der Waals surface area contributed by atoms with Gasteiger partial charge in [0.05, 0.1) is 0 Å². The number of carbonyl (C=O) groups is 1. The third kappa shape index (κ3) is 1.93. The molecule has 0 aliphatic heterocycles. The summed E-state index contributed by atoms with van der Waals surface area (Å²) in [5.41, 5.74) is 0. The van der Waals surface area contributed by atoms with Crippen LogP contribution in [0.3, 0.4) is 0 Å². The third-order valence-electron chi connectivity index (χ3n) is 1.99. The monoisotopic (exact) mass is 157 g/mol. The Morgan fingerprint density at radius 3 is 2.36 bits per heavy atom. The van der Waals surface area contributed by atoms with Crippen molar-refractivity contribution in [3.63, 3.8) is 0 Å². The van der Waals surface area contributed by atoms with E-state index in [-0.39, 0.29) is 12.0 Å². The maximum Gasteiger partial charge on any atom is 0.251 e.